The average molecular weight is 388 g/mol. The first-order valence-corrected chi connectivity index (χ1v) is 9.43. The van der Waals surface area contributed by atoms with E-state index < -0.39 is 0 Å². The molecule has 0 spiro atoms. The summed E-state index contributed by atoms with van der Waals surface area (Å²) < 4.78 is 1.58. The molecule has 2 aromatic carbocycles. The summed E-state index contributed by atoms with van der Waals surface area (Å²) in [5, 5.41) is 1.58. The summed E-state index contributed by atoms with van der Waals surface area (Å²) in [4.78, 5) is 25.3. The molecule has 0 saturated carbocycles. The lowest BCUT2D eigenvalue weighted by Crippen LogP contribution is -2.22. The van der Waals surface area contributed by atoms with Gasteiger partial charge in [-0.25, -0.2) is 9.97 Å². The molecule has 0 atom stereocenters. The second-order valence-electron chi connectivity index (χ2n) is 6.83. The first-order chi connectivity index (χ1) is 14.7. The predicted octanol–water partition coefficient (Wildman–Crippen LogP) is 4.41. The Kier molecular flexibility index (Phi) is 4.23. The molecule has 0 aliphatic rings. The maximum absolute atomic E-state index is 13.3. The van der Waals surface area contributed by atoms with Gasteiger partial charge >= 0.3 is 0 Å². The largest absolute Gasteiger partial charge is 0.361 e. The molecule has 0 saturated heterocycles. The molecule has 1 N–H and O–H groups in total. The molecule has 5 aromatic rings. The minimum absolute atomic E-state index is 0.178. The van der Waals surface area contributed by atoms with Gasteiger partial charge in [0.05, 0.1) is 11.1 Å². The Morgan fingerprint density at radius 2 is 1.90 bits per heavy atom. The molecule has 0 radical (unpaired) electrons. The van der Waals surface area contributed by atoms with Crippen LogP contribution in [-0.4, -0.2) is 19.5 Å². The summed E-state index contributed by atoms with van der Waals surface area (Å²) in [5.74, 6) is 3.09. The molecule has 0 fully saturated rings. The molecule has 5 heteroatoms. The lowest BCUT2D eigenvalue weighted by atomic mass is 10.1. The summed E-state index contributed by atoms with van der Waals surface area (Å²) >= 11 is 0. The molecule has 5 nitrogen and oxygen atoms in total. The van der Waals surface area contributed by atoms with E-state index in [1.807, 2.05) is 60.8 Å². The van der Waals surface area contributed by atoms with Gasteiger partial charge in [0.1, 0.15) is 5.82 Å². The van der Waals surface area contributed by atoms with Crippen LogP contribution in [0, 0.1) is 12.3 Å². The Hall–Kier alpha value is -4.43. The van der Waals surface area contributed by atoms with Gasteiger partial charge in [0.15, 0.2) is 5.65 Å². The van der Waals surface area contributed by atoms with E-state index in [4.69, 9.17) is 6.42 Å². The van der Waals surface area contributed by atoms with Crippen molar-refractivity contribution in [1.29, 1.82) is 0 Å². The van der Waals surface area contributed by atoms with E-state index in [2.05, 4.69) is 26.9 Å². The molecule has 0 amide bonds. The highest BCUT2D eigenvalue weighted by molar-refractivity contribution is 5.84. The average Bonchev–Trinajstić information content (AvgIpc) is 3.26. The molecule has 30 heavy (non-hydrogen) atoms. The number of fused-ring (bicyclic) bond motifs is 2. The molecular weight excluding hydrogens is 372 g/mol. The smallest absolute Gasteiger partial charge is 0.267 e. The second kappa shape index (κ2) is 7.19. The van der Waals surface area contributed by atoms with E-state index in [1.165, 1.54) is 0 Å². The fraction of sp³-hybridized carbons (Fsp3) is 0. The molecule has 0 aliphatic carbocycles. The van der Waals surface area contributed by atoms with Gasteiger partial charge in [0.25, 0.3) is 5.56 Å². The van der Waals surface area contributed by atoms with E-state index in [-0.39, 0.29) is 5.56 Å². The Morgan fingerprint density at radius 1 is 1.03 bits per heavy atom. The van der Waals surface area contributed by atoms with E-state index in [0.29, 0.717) is 22.5 Å². The first kappa shape index (κ1) is 17.7. The van der Waals surface area contributed by atoms with Crippen LogP contribution >= 0.6 is 0 Å². The van der Waals surface area contributed by atoms with Crippen LogP contribution in [0.3, 0.4) is 0 Å². The van der Waals surface area contributed by atoms with Crippen LogP contribution in [0.5, 0.6) is 0 Å². The summed E-state index contributed by atoms with van der Waals surface area (Å²) in [6, 6.07) is 18.9. The second-order valence-corrected chi connectivity index (χ2v) is 6.83. The molecule has 0 aliphatic heterocycles. The maximum atomic E-state index is 13.3. The predicted molar refractivity (Wildman–Crippen MR) is 120 cm³/mol. The van der Waals surface area contributed by atoms with Crippen molar-refractivity contribution in [2.75, 3.05) is 0 Å². The van der Waals surface area contributed by atoms with E-state index in [1.54, 1.807) is 22.9 Å². The van der Waals surface area contributed by atoms with Crippen LogP contribution < -0.4 is 5.56 Å². The van der Waals surface area contributed by atoms with Gasteiger partial charge in [-0.05, 0) is 71.6 Å². The van der Waals surface area contributed by atoms with Crippen molar-refractivity contribution in [2.45, 2.75) is 0 Å². The van der Waals surface area contributed by atoms with Crippen molar-refractivity contribution in [3.05, 3.63) is 100 Å². The van der Waals surface area contributed by atoms with Crippen LogP contribution in [0.1, 0.15) is 17.0 Å². The quantitative estimate of drug-likeness (QED) is 0.466. The lowest BCUT2D eigenvalue weighted by molar-refractivity contribution is 0.937. The van der Waals surface area contributed by atoms with Gasteiger partial charge in [-0.1, -0.05) is 18.1 Å². The van der Waals surface area contributed by atoms with Gasteiger partial charge in [-0.2, -0.15) is 0 Å². The summed E-state index contributed by atoms with van der Waals surface area (Å²) in [6.07, 6.45) is 12.8. The van der Waals surface area contributed by atoms with Crippen molar-refractivity contribution < 1.29 is 0 Å². The lowest BCUT2D eigenvalue weighted by Gasteiger charge is -2.11. The Balaban J connectivity index is 1.69. The number of rotatable bonds is 3. The molecular formula is C25H16N4O. The van der Waals surface area contributed by atoms with E-state index in [0.717, 1.165) is 22.0 Å². The van der Waals surface area contributed by atoms with Crippen molar-refractivity contribution in [3.8, 4) is 18.0 Å². The SMILES string of the molecule is C#Cc1ccc(-n2c(C=Cc3ccc4[nH]ccc4c3)nc3ncccc3c2=O)cc1. The van der Waals surface area contributed by atoms with Crippen molar-refractivity contribution in [3.63, 3.8) is 0 Å². The Morgan fingerprint density at radius 3 is 2.73 bits per heavy atom. The minimum Gasteiger partial charge on any atom is -0.361 e. The summed E-state index contributed by atoms with van der Waals surface area (Å²) in [7, 11) is 0. The number of hydrogen-bond donors (Lipinski definition) is 1. The number of terminal acetylenes is 1. The zero-order valence-electron chi connectivity index (χ0n) is 15.9. The monoisotopic (exact) mass is 388 g/mol. The van der Waals surface area contributed by atoms with Crippen LogP contribution in [0.15, 0.2) is 77.9 Å². The molecule has 0 bridgehead atoms. The minimum atomic E-state index is -0.178. The normalized spacial score (nSPS) is 11.3. The third-order valence-corrected chi connectivity index (χ3v) is 4.96. The number of H-pyrrole nitrogens is 1. The van der Waals surface area contributed by atoms with Crippen molar-refractivity contribution >= 4 is 34.1 Å². The topological polar surface area (TPSA) is 63.6 Å². The number of hydrogen-bond acceptors (Lipinski definition) is 3. The Bertz CT molecular complexity index is 1520. The summed E-state index contributed by atoms with van der Waals surface area (Å²) in [6.45, 7) is 0. The highest BCUT2D eigenvalue weighted by Gasteiger charge is 2.11. The first-order valence-electron chi connectivity index (χ1n) is 9.43. The fourth-order valence-electron chi connectivity index (χ4n) is 3.45. The zero-order valence-corrected chi connectivity index (χ0v) is 15.9. The van der Waals surface area contributed by atoms with Gasteiger partial charge in [-0.15, -0.1) is 6.42 Å². The number of nitrogens with zero attached hydrogens (tertiary/aromatic N) is 3. The molecule has 3 heterocycles. The van der Waals surface area contributed by atoms with Gasteiger partial charge in [-0.3, -0.25) is 9.36 Å². The number of aromatic nitrogens is 4. The number of aromatic amines is 1. The molecule has 0 unspecified atom stereocenters. The number of pyridine rings is 1. The van der Waals surface area contributed by atoms with Crippen LogP contribution in [0.4, 0.5) is 0 Å². The number of nitrogens with one attached hydrogen (secondary N) is 1. The highest BCUT2D eigenvalue weighted by atomic mass is 16.1. The zero-order chi connectivity index (χ0) is 20.5. The van der Waals surface area contributed by atoms with Crippen molar-refractivity contribution in [1.82, 2.24) is 19.5 Å². The van der Waals surface area contributed by atoms with Crippen LogP contribution in [-0.2, 0) is 0 Å². The molecule has 5 rings (SSSR count). The fourth-order valence-corrected chi connectivity index (χ4v) is 3.45. The van der Waals surface area contributed by atoms with E-state index in [9.17, 15) is 4.79 Å². The van der Waals surface area contributed by atoms with Gasteiger partial charge < -0.3 is 4.98 Å². The highest BCUT2D eigenvalue weighted by Crippen LogP contribution is 2.18. The Labute approximate surface area is 172 Å². The van der Waals surface area contributed by atoms with Crippen LogP contribution in [0.25, 0.3) is 39.8 Å². The van der Waals surface area contributed by atoms with Crippen molar-refractivity contribution in [2.24, 2.45) is 0 Å². The third-order valence-electron chi connectivity index (χ3n) is 4.96. The van der Waals surface area contributed by atoms with Crippen LogP contribution in [0.2, 0.25) is 0 Å². The standard InChI is InChI=1S/C25H16N4O/c1-2-17-5-9-20(10-6-17)29-23(28-24-21(25(29)30)4-3-14-27-24)12-8-18-7-11-22-19(16-18)13-15-26-22/h1,3-16,26H. The summed E-state index contributed by atoms with van der Waals surface area (Å²) in [5.41, 5.74) is 3.76. The third kappa shape index (κ3) is 3.07. The van der Waals surface area contributed by atoms with E-state index >= 15 is 0 Å². The maximum Gasteiger partial charge on any atom is 0.267 e. The number of benzene rings is 2. The molecule has 3 aromatic heterocycles. The van der Waals surface area contributed by atoms with Gasteiger partial charge in [0.2, 0.25) is 0 Å². The molecule has 142 valence electrons. The van der Waals surface area contributed by atoms with Gasteiger partial charge in [0, 0.05) is 23.5 Å².